The van der Waals surface area contributed by atoms with E-state index in [1.807, 2.05) is 18.7 Å². The van der Waals surface area contributed by atoms with Gasteiger partial charge in [-0.25, -0.2) is 0 Å². The van der Waals surface area contributed by atoms with Crippen molar-refractivity contribution in [1.82, 2.24) is 4.90 Å². The van der Waals surface area contributed by atoms with Gasteiger partial charge >= 0.3 is 0 Å². The third kappa shape index (κ3) is 3.23. The lowest BCUT2D eigenvalue weighted by Crippen LogP contribution is -2.50. The number of amides is 1. The van der Waals surface area contributed by atoms with E-state index in [1.54, 1.807) is 0 Å². The molecule has 4 heteroatoms. The average molecular weight is 254 g/mol. The first-order valence-corrected chi connectivity index (χ1v) is 7.24. The molecule has 0 aromatic carbocycles. The molecule has 0 aromatic rings. The van der Waals surface area contributed by atoms with Crippen molar-refractivity contribution in [3.8, 4) is 0 Å². The average Bonchev–Trinajstić information content (AvgIpc) is 2.37. The molecule has 1 heterocycles. The fraction of sp³-hybridized carbons (Fsp3) is 0.929. The second-order valence-electron chi connectivity index (χ2n) is 5.97. The van der Waals surface area contributed by atoms with Crippen LogP contribution in [0.4, 0.5) is 0 Å². The number of hydrogen-bond donors (Lipinski definition) is 1. The van der Waals surface area contributed by atoms with E-state index in [0.717, 1.165) is 38.9 Å². The molecule has 2 aliphatic rings. The molecule has 0 radical (unpaired) electrons. The molecule has 2 N–H and O–H groups in total. The van der Waals surface area contributed by atoms with Gasteiger partial charge in [-0.2, -0.15) is 0 Å². The van der Waals surface area contributed by atoms with Crippen LogP contribution in [0.5, 0.6) is 0 Å². The maximum atomic E-state index is 12.5. The first-order chi connectivity index (χ1) is 8.60. The summed E-state index contributed by atoms with van der Waals surface area (Å²) in [4.78, 5) is 14.5. The van der Waals surface area contributed by atoms with Crippen LogP contribution in [-0.2, 0) is 9.53 Å². The summed E-state index contributed by atoms with van der Waals surface area (Å²) in [7, 11) is 0. The van der Waals surface area contributed by atoms with Crippen LogP contribution in [0.25, 0.3) is 0 Å². The van der Waals surface area contributed by atoms with Crippen LogP contribution in [0.2, 0.25) is 0 Å². The molecule has 0 bridgehead atoms. The zero-order chi connectivity index (χ0) is 13.1. The Bertz CT molecular complexity index is 286. The highest BCUT2D eigenvalue weighted by atomic mass is 16.5. The molecule has 4 nitrogen and oxygen atoms in total. The maximum Gasteiger partial charge on any atom is 0.225 e. The molecule has 1 aliphatic heterocycles. The number of carbonyl (C=O) groups excluding carboxylic acids is 1. The summed E-state index contributed by atoms with van der Waals surface area (Å²) in [6.45, 7) is 6.29. The smallest absolute Gasteiger partial charge is 0.225 e. The minimum Gasteiger partial charge on any atom is -0.372 e. The largest absolute Gasteiger partial charge is 0.372 e. The minimum atomic E-state index is 0.159. The van der Waals surface area contributed by atoms with Crippen LogP contribution in [0.3, 0.4) is 0 Å². The van der Waals surface area contributed by atoms with Crippen LogP contribution in [0.1, 0.15) is 39.5 Å². The number of nitrogens with two attached hydrogens (primary N) is 1. The Labute approximate surface area is 110 Å². The van der Waals surface area contributed by atoms with Crippen molar-refractivity contribution in [3.05, 3.63) is 0 Å². The van der Waals surface area contributed by atoms with Crippen molar-refractivity contribution in [1.29, 1.82) is 0 Å². The zero-order valence-electron chi connectivity index (χ0n) is 11.6. The molecule has 0 aromatic heterocycles. The highest BCUT2D eigenvalue weighted by molar-refractivity contribution is 5.79. The van der Waals surface area contributed by atoms with Gasteiger partial charge in [-0.3, -0.25) is 4.79 Å². The van der Waals surface area contributed by atoms with E-state index < -0.39 is 0 Å². The lowest BCUT2D eigenvalue weighted by Gasteiger charge is -2.38. The van der Waals surface area contributed by atoms with Gasteiger partial charge < -0.3 is 15.4 Å². The fourth-order valence-electron chi connectivity index (χ4n) is 3.35. The molecule has 4 atom stereocenters. The lowest BCUT2D eigenvalue weighted by atomic mass is 9.80. The highest BCUT2D eigenvalue weighted by Crippen LogP contribution is 2.30. The summed E-state index contributed by atoms with van der Waals surface area (Å²) in [6.07, 6.45) is 4.67. The molecular weight excluding hydrogens is 228 g/mol. The SMILES string of the molecule is CC1CN(C(=O)C2CCCC(CN)C2)CC(C)O1. The Kier molecular flexibility index (Phi) is 4.62. The van der Waals surface area contributed by atoms with Crippen LogP contribution in [0, 0.1) is 11.8 Å². The van der Waals surface area contributed by atoms with E-state index in [9.17, 15) is 4.79 Å². The van der Waals surface area contributed by atoms with Gasteiger partial charge in [0.25, 0.3) is 0 Å². The monoisotopic (exact) mass is 254 g/mol. The Morgan fingerprint density at radius 3 is 2.56 bits per heavy atom. The van der Waals surface area contributed by atoms with Gasteiger partial charge in [0, 0.05) is 19.0 Å². The second-order valence-corrected chi connectivity index (χ2v) is 5.97. The number of carbonyl (C=O) groups is 1. The predicted octanol–water partition coefficient (Wildman–Crippen LogP) is 1.39. The van der Waals surface area contributed by atoms with Crippen LogP contribution in [0.15, 0.2) is 0 Å². The van der Waals surface area contributed by atoms with Crippen molar-refractivity contribution in [2.24, 2.45) is 17.6 Å². The van der Waals surface area contributed by atoms with Gasteiger partial charge in [0.05, 0.1) is 12.2 Å². The second kappa shape index (κ2) is 6.02. The number of hydrogen-bond acceptors (Lipinski definition) is 3. The number of ether oxygens (including phenoxy) is 1. The van der Waals surface area contributed by atoms with E-state index in [2.05, 4.69) is 0 Å². The van der Waals surface area contributed by atoms with E-state index in [4.69, 9.17) is 10.5 Å². The molecule has 1 aliphatic carbocycles. The van der Waals surface area contributed by atoms with Gasteiger partial charge in [0.1, 0.15) is 0 Å². The third-order valence-electron chi connectivity index (χ3n) is 4.20. The zero-order valence-corrected chi connectivity index (χ0v) is 11.6. The molecule has 1 amide bonds. The molecular formula is C14H26N2O2. The van der Waals surface area contributed by atoms with Crippen LogP contribution in [-0.4, -0.2) is 42.6 Å². The van der Waals surface area contributed by atoms with E-state index in [0.29, 0.717) is 11.8 Å². The predicted molar refractivity (Wildman–Crippen MR) is 71.1 cm³/mol. The minimum absolute atomic E-state index is 0.159. The summed E-state index contributed by atoms with van der Waals surface area (Å²) in [6, 6.07) is 0. The molecule has 4 unspecified atom stereocenters. The van der Waals surface area contributed by atoms with Gasteiger partial charge in [-0.15, -0.1) is 0 Å². The highest BCUT2D eigenvalue weighted by Gasteiger charge is 2.33. The Morgan fingerprint density at radius 1 is 1.28 bits per heavy atom. The summed E-state index contributed by atoms with van der Waals surface area (Å²) >= 11 is 0. The molecule has 2 rings (SSSR count). The van der Waals surface area contributed by atoms with Crippen molar-refractivity contribution < 1.29 is 9.53 Å². The van der Waals surface area contributed by atoms with Crippen molar-refractivity contribution in [3.63, 3.8) is 0 Å². The first kappa shape index (κ1) is 13.8. The molecule has 104 valence electrons. The lowest BCUT2D eigenvalue weighted by molar-refractivity contribution is -0.148. The summed E-state index contributed by atoms with van der Waals surface area (Å²) in [5.74, 6) is 1.07. The summed E-state index contributed by atoms with van der Waals surface area (Å²) < 4.78 is 5.68. The Balaban J connectivity index is 1.93. The van der Waals surface area contributed by atoms with Gasteiger partial charge in [-0.1, -0.05) is 6.42 Å². The molecule has 1 saturated carbocycles. The third-order valence-corrected chi connectivity index (χ3v) is 4.20. The fourth-order valence-corrected chi connectivity index (χ4v) is 3.35. The number of nitrogens with zero attached hydrogens (tertiary/aromatic N) is 1. The Hall–Kier alpha value is -0.610. The molecule has 18 heavy (non-hydrogen) atoms. The first-order valence-electron chi connectivity index (χ1n) is 7.24. The quantitative estimate of drug-likeness (QED) is 0.810. The van der Waals surface area contributed by atoms with Crippen LogP contribution < -0.4 is 5.73 Å². The Morgan fingerprint density at radius 2 is 1.94 bits per heavy atom. The van der Waals surface area contributed by atoms with E-state index in [-0.39, 0.29) is 18.1 Å². The van der Waals surface area contributed by atoms with E-state index in [1.165, 1.54) is 6.42 Å². The molecule has 2 fully saturated rings. The maximum absolute atomic E-state index is 12.5. The van der Waals surface area contributed by atoms with Crippen molar-refractivity contribution in [2.45, 2.75) is 51.7 Å². The van der Waals surface area contributed by atoms with E-state index >= 15 is 0 Å². The molecule has 0 spiro atoms. The molecule has 1 saturated heterocycles. The van der Waals surface area contributed by atoms with Gasteiger partial charge in [-0.05, 0) is 45.6 Å². The topological polar surface area (TPSA) is 55.6 Å². The van der Waals surface area contributed by atoms with Gasteiger partial charge in [0.15, 0.2) is 0 Å². The normalized spacial score (nSPS) is 37.6. The summed E-state index contributed by atoms with van der Waals surface area (Å²) in [5, 5.41) is 0. The standard InChI is InChI=1S/C14H26N2O2/c1-10-8-16(9-11(2)18-10)14(17)13-5-3-4-12(6-13)7-15/h10-13H,3-9,15H2,1-2H3. The van der Waals surface area contributed by atoms with Gasteiger partial charge in [0.2, 0.25) is 5.91 Å². The van der Waals surface area contributed by atoms with Crippen molar-refractivity contribution >= 4 is 5.91 Å². The summed E-state index contributed by atoms with van der Waals surface area (Å²) in [5.41, 5.74) is 5.74. The van der Waals surface area contributed by atoms with Crippen LogP contribution >= 0.6 is 0 Å². The van der Waals surface area contributed by atoms with Crippen molar-refractivity contribution in [2.75, 3.05) is 19.6 Å². The number of morpholine rings is 1. The number of rotatable bonds is 2.